The maximum atomic E-state index is 14.6. The fourth-order valence-electron chi connectivity index (χ4n) is 6.82. The van der Waals surface area contributed by atoms with Crippen LogP contribution in [0.3, 0.4) is 0 Å². The van der Waals surface area contributed by atoms with Crippen LogP contribution in [0, 0.1) is 11.7 Å². The summed E-state index contributed by atoms with van der Waals surface area (Å²) < 4.78 is 66.5. The third-order valence-corrected chi connectivity index (χ3v) is 9.40. The number of hydrogen-bond donors (Lipinski definition) is 1. The maximum absolute atomic E-state index is 14.6. The lowest BCUT2D eigenvalue weighted by molar-refractivity contribution is -0.138. The zero-order valence-corrected chi connectivity index (χ0v) is 27.4. The van der Waals surface area contributed by atoms with E-state index in [-0.39, 0.29) is 74.8 Å². The lowest BCUT2D eigenvalue weighted by atomic mass is 9.95. The summed E-state index contributed by atoms with van der Waals surface area (Å²) in [6.07, 6.45) is -3.04. The van der Waals surface area contributed by atoms with Crippen molar-refractivity contribution in [2.75, 3.05) is 52.5 Å². The van der Waals surface area contributed by atoms with Gasteiger partial charge in [-0.2, -0.15) is 13.2 Å². The van der Waals surface area contributed by atoms with Crippen molar-refractivity contribution < 1.29 is 41.4 Å². The van der Waals surface area contributed by atoms with E-state index < -0.39 is 41.5 Å². The molecule has 5 heterocycles. The number of pyridine rings is 1. The number of hydrogen-bond acceptors (Lipinski definition) is 7. The summed E-state index contributed by atoms with van der Waals surface area (Å²) in [5.41, 5.74) is -0.289. The Morgan fingerprint density at radius 1 is 0.920 bits per heavy atom. The Balaban J connectivity index is 1.23. The van der Waals surface area contributed by atoms with Crippen LogP contribution in [0.2, 0.25) is 0 Å². The number of likely N-dealkylation sites (tertiary alicyclic amines) is 1. The van der Waals surface area contributed by atoms with Gasteiger partial charge in [-0.05, 0) is 55.0 Å². The summed E-state index contributed by atoms with van der Waals surface area (Å²) in [6, 6.07) is 14.5. The maximum Gasteiger partial charge on any atom is 0.416 e. The second kappa shape index (κ2) is 15.5. The summed E-state index contributed by atoms with van der Waals surface area (Å²) >= 11 is 0. The van der Waals surface area contributed by atoms with Crippen LogP contribution < -0.4 is 10.1 Å². The fourth-order valence-corrected chi connectivity index (χ4v) is 6.82. The van der Waals surface area contributed by atoms with Gasteiger partial charge in [0.1, 0.15) is 18.1 Å². The summed E-state index contributed by atoms with van der Waals surface area (Å²) in [5, 5.41) is 2.96. The predicted molar refractivity (Wildman–Crippen MR) is 174 cm³/mol. The van der Waals surface area contributed by atoms with E-state index in [4.69, 9.17) is 9.47 Å². The Morgan fingerprint density at radius 2 is 1.70 bits per heavy atom. The molecule has 14 heteroatoms. The topological polar surface area (TPSA) is 104 Å². The molecule has 0 saturated carbocycles. The molecular weight excluding hydrogens is 658 g/mol. The normalized spacial score (nSPS) is 22.8. The monoisotopic (exact) mass is 697 g/mol. The van der Waals surface area contributed by atoms with Crippen LogP contribution in [0.1, 0.15) is 51.2 Å². The molecule has 2 atom stereocenters. The smallest absolute Gasteiger partial charge is 0.416 e. The molecule has 266 valence electrons. The third-order valence-electron chi connectivity index (χ3n) is 9.40. The highest BCUT2D eigenvalue weighted by molar-refractivity contribution is 5.94. The van der Waals surface area contributed by atoms with E-state index in [0.717, 1.165) is 12.1 Å². The molecule has 1 N–H and O–H groups in total. The molecule has 50 heavy (non-hydrogen) atoms. The second-order valence-corrected chi connectivity index (χ2v) is 12.9. The van der Waals surface area contributed by atoms with Gasteiger partial charge < -0.3 is 24.6 Å². The van der Waals surface area contributed by atoms with Crippen LogP contribution in [0.15, 0.2) is 66.7 Å². The molecule has 7 rings (SSSR count). The highest BCUT2D eigenvalue weighted by atomic mass is 19.4. The van der Waals surface area contributed by atoms with Crippen LogP contribution in [-0.4, -0.2) is 102 Å². The van der Waals surface area contributed by atoms with E-state index >= 15 is 0 Å². The van der Waals surface area contributed by atoms with E-state index in [9.17, 15) is 31.9 Å². The molecule has 2 fully saturated rings. The summed E-state index contributed by atoms with van der Waals surface area (Å²) in [6.45, 7) is 2.23. The number of nitrogens with zero attached hydrogens (tertiary/aromatic N) is 4. The van der Waals surface area contributed by atoms with Gasteiger partial charge in [0.15, 0.2) is 0 Å². The van der Waals surface area contributed by atoms with Gasteiger partial charge in [-0.15, -0.1) is 0 Å². The molecule has 2 aromatic carbocycles. The van der Waals surface area contributed by atoms with Gasteiger partial charge in [-0.1, -0.05) is 36.4 Å². The lowest BCUT2D eigenvalue weighted by Crippen LogP contribution is -2.49. The number of halogens is 4. The van der Waals surface area contributed by atoms with Gasteiger partial charge in [0, 0.05) is 51.4 Å². The summed E-state index contributed by atoms with van der Waals surface area (Å²) in [4.78, 5) is 50.3. The first-order chi connectivity index (χ1) is 24.0. The molecule has 2 saturated heterocycles. The minimum Gasteiger partial charge on any atom is -0.475 e. The molecule has 10 nitrogen and oxygen atoms in total. The molecular formula is C36H39F4N5O5. The molecule has 0 unspecified atom stereocenters. The quantitative estimate of drug-likeness (QED) is 0.320. The number of carbonyl (C=O) groups excluding carboxylic acids is 3. The fraction of sp³-hybridized carbons (Fsp3) is 0.444. The van der Waals surface area contributed by atoms with Gasteiger partial charge in [-0.3, -0.25) is 19.3 Å². The lowest BCUT2D eigenvalue weighted by Gasteiger charge is -2.37. The van der Waals surface area contributed by atoms with Crippen molar-refractivity contribution in [2.45, 2.75) is 44.1 Å². The number of nitrogens with one attached hydrogen (secondary N) is 1. The van der Waals surface area contributed by atoms with Gasteiger partial charge in [0.2, 0.25) is 11.8 Å². The van der Waals surface area contributed by atoms with Crippen molar-refractivity contribution in [1.29, 1.82) is 0 Å². The molecule has 4 aliphatic heterocycles. The molecule has 3 aromatic rings. The van der Waals surface area contributed by atoms with Crippen molar-refractivity contribution in [3.63, 3.8) is 0 Å². The van der Waals surface area contributed by atoms with Gasteiger partial charge in [0.25, 0.3) is 11.8 Å². The second-order valence-electron chi connectivity index (χ2n) is 12.9. The third kappa shape index (κ3) is 8.59. The highest BCUT2D eigenvalue weighted by Crippen LogP contribution is 2.31. The SMILES string of the molecule is O=C1N[C@@H]2C[C@@H](C(=O)N3CCC(CC3)CN(C(=O)c3ccccc3F)CCOCCOc3cccc1n3)N(Cc1cccc(C(F)(F)F)c1)C2. The number of alkyl halides is 3. The molecule has 4 aliphatic rings. The number of carbonyl (C=O) groups is 3. The van der Waals surface area contributed by atoms with Crippen LogP contribution >= 0.6 is 0 Å². The van der Waals surface area contributed by atoms with Crippen molar-refractivity contribution in [1.82, 2.24) is 25.0 Å². The van der Waals surface area contributed by atoms with Crippen LogP contribution in [0.5, 0.6) is 5.88 Å². The average Bonchev–Trinajstić information content (AvgIpc) is 3.50. The van der Waals surface area contributed by atoms with Crippen molar-refractivity contribution in [2.24, 2.45) is 5.92 Å². The Labute approximate surface area is 287 Å². The molecule has 0 spiro atoms. The number of ether oxygens (including phenoxy) is 2. The first-order valence-electron chi connectivity index (χ1n) is 16.8. The largest absolute Gasteiger partial charge is 0.475 e. The van der Waals surface area contributed by atoms with Crippen LogP contribution in [0.25, 0.3) is 0 Å². The van der Waals surface area contributed by atoms with Crippen molar-refractivity contribution in [3.05, 3.63) is 94.9 Å². The first-order valence-corrected chi connectivity index (χ1v) is 16.8. The molecule has 1 aromatic heterocycles. The number of benzene rings is 2. The van der Waals surface area contributed by atoms with Crippen LogP contribution in [0.4, 0.5) is 17.6 Å². The first kappa shape index (κ1) is 35.3. The number of rotatable bonds is 3. The number of amides is 3. The van der Waals surface area contributed by atoms with Gasteiger partial charge >= 0.3 is 6.18 Å². The standard InChI is InChI=1S/C36H39F4N5O5/c37-29-8-2-1-7-28(29)34(47)44-15-16-49-17-18-50-32-10-4-9-30(42-32)33(46)41-27-20-31(35(48)43-13-11-24(21-44)12-14-43)45(23-27)22-25-5-3-6-26(19-25)36(38,39)40/h1-10,19,24,27,31H,11-18,20-23H2,(H,41,46)/t27-,31+/m1/s1. The minimum absolute atomic E-state index is 0.0280. The van der Waals surface area contributed by atoms with E-state index in [1.165, 1.54) is 30.3 Å². The zero-order valence-electron chi connectivity index (χ0n) is 27.4. The number of fused-ring (bicyclic) bond motifs is 10. The van der Waals surface area contributed by atoms with E-state index in [1.54, 1.807) is 34.1 Å². The summed E-state index contributed by atoms with van der Waals surface area (Å²) in [7, 11) is 0. The van der Waals surface area contributed by atoms with Crippen LogP contribution in [-0.2, 0) is 22.3 Å². The van der Waals surface area contributed by atoms with Gasteiger partial charge in [0.05, 0.1) is 30.4 Å². The Kier molecular flexibility index (Phi) is 11.0. The van der Waals surface area contributed by atoms with Crippen molar-refractivity contribution >= 4 is 17.7 Å². The molecule has 0 radical (unpaired) electrons. The predicted octanol–water partition coefficient (Wildman–Crippen LogP) is 4.40. The minimum atomic E-state index is -4.51. The van der Waals surface area contributed by atoms with Gasteiger partial charge in [-0.25, -0.2) is 9.37 Å². The Bertz CT molecular complexity index is 1680. The zero-order chi connectivity index (χ0) is 35.3. The molecule has 0 aliphatic carbocycles. The summed E-state index contributed by atoms with van der Waals surface area (Å²) in [5.74, 6) is -1.43. The van der Waals surface area contributed by atoms with Crippen molar-refractivity contribution in [3.8, 4) is 5.88 Å². The highest BCUT2D eigenvalue weighted by Gasteiger charge is 2.41. The van der Waals surface area contributed by atoms with E-state index in [2.05, 4.69) is 10.3 Å². The Morgan fingerprint density at radius 3 is 2.48 bits per heavy atom. The van der Waals surface area contributed by atoms with E-state index in [1.807, 2.05) is 4.90 Å². The molecule has 3 amide bonds. The average molecular weight is 698 g/mol. The number of piperidine rings is 1. The molecule has 6 bridgehead atoms. The van der Waals surface area contributed by atoms with E-state index in [0.29, 0.717) is 38.0 Å². The Hall–Kier alpha value is -4.56. The number of aromatic nitrogens is 1.